The minimum Gasteiger partial charge on any atom is -0.493 e. The van der Waals surface area contributed by atoms with Gasteiger partial charge < -0.3 is 25.2 Å². The molecule has 0 aromatic heterocycles. The van der Waals surface area contributed by atoms with Crippen LogP contribution in [0.5, 0.6) is 11.5 Å². The molecule has 3 N–H and O–H groups in total. The zero-order valence-corrected chi connectivity index (χ0v) is 17.4. The summed E-state index contributed by atoms with van der Waals surface area (Å²) in [6.45, 7) is 2.39. The number of aliphatic carboxylic acids is 1. The molecule has 11 heteroatoms. The Hall–Kier alpha value is -3.47. The average Bonchev–Trinajstić information content (AvgIpc) is 3.38. The predicted octanol–water partition coefficient (Wildman–Crippen LogP) is 3.53. The molecule has 0 saturated heterocycles. The fourth-order valence-corrected chi connectivity index (χ4v) is 3.49. The van der Waals surface area contributed by atoms with Crippen molar-refractivity contribution in [2.24, 2.45) is 0 Å². The van der Waals surface area contributed by atoms with Crippen LogP contribution in [-0.2, 0) is 24.3 Å². The van der Waals surface area contributed by atoms with E-state index in [2.05, 4.69) is 16.7 Å². The fourth-order valence-electron chi connectivity index (χ4n) is 3.49. The summed E-state index contributed by atoms with van der Waals surface area (Å²) >= 11 is 0. The van der Waals surface area contributed by atoms with Crippen LogP contribution in [0.4, 0.5) is 29.3 Å². The van der Waals surface area contributed by atoms with Crippen molar-refractivity contribution in [1.82, 2.24) is 5.32 Å². The number of urea groups is 1. The topological polar surface area (TPSA) is 100 Å². The number of benzene rings is 2. The van der Waals surface area contributed by atoms with Crippen molar-refractivity contribution in [3.63, 3.8) is 0 Å². The molecule has 172 valence electrons. The Morgan fingerprint density at radius 1 is 1.03 bits per heavy atom. The number of carboxylic acid groups (broad SMARTS) is 1. The number of amides is 2. The van der Waals surface area contributed by atoms with Crippen LogP contribution < -0.4 is 25.0 Å². The molecule has 0 atom stereocenters. The highest BCUT2D eigenvalue weighted by Gasteiger charge is 2.38. The maximum Gasteiger partial charge on any atom is 0.490 e. The lowest BCUT2D eigenvalue weighted by Crippen LogP contribution is -2.33. The maximum absolute atomic E-state index is 12.8. The van der Waals surface area contributed by atoms with Gasteiger partial charge >= 0.3 is 18.2 Å². The normalized spacial score (nSPS) is 14.1. The number of hydrogen-bond acceptors (Lipinski definition) is 5. The lowest BCUT2D eigenvalue weighted by Gasteiger charge is -2.19. The van der Waals surface area contributed by atoms with E-state index in [0.29, 0.717) is 18.0 Å². The number of rotatable bonds is 3. The van der Waals surface area contributed by atoms with Gasteiger partial charge in [0.15, 0.2) is 11.5 Å². The third-order valence-corrected chi connectivity index (χ3v) is 5.06. The van der Waals surface area contributed by atoms with Gasteiger partial charge in [0, 0.05) is 31.4 Å². The number of anilines is 2. The Bertz CT molecular complexity index is 1030. The summed E-state index contributed by atoms with van der Waals surface area (Å²) in [5.41, 5.74) is 5.32. The van der Waals surface area contributed by atoms with E-state index in [1.165, 1.54) is 11.1 Å². The van der Waals surface area contributed by atoms with Gasteiger partial charge in [-0.05, 0) is 41.3 Å². The number of alkyl halides is 3. The Morgan fingerprint density at radius 3 is 2.28 bits per heavy atom. The van der Waals surface area contributed by atoms with Crippen LogP contribution in [0.3, 0.4) is 0 Å². The molecule has 0 saturated carbocycles. The van der Waals surface area contributed by atoms with E-state index in [-0.39, 0.29) is 6.03 Å². The highest BCUT2D eigenvalue weighted by molar-refractivity contribution is 6.03. The van der Waals surface area contributed by atoms with Gasteiger partial charge in [-0.3, -0.25) is 4.90 Å². The SMILES string of the molecule is COc1cc2c(cc1OC)N(C(=O)Nc1ccc3c(c1)CNC3)CC2.O=C(O)C(F)(F)F. The summed E-state index contributed by atoms with van der Waals surface area (Å²) < 4.78 is 42.4. The molecule has 2 aliphatic heterocycles. The number of carboxylic acids is 1. The Balaban J connectivity index is 0.000000360. The van der Waals surface area contributed by atoms with Gasteiger partial charge in [0.2, 0.25) is 0 Å². The van der Waals surface area contributed by atoms with Crippen molar-refractivity contribution in [1.29, 1.82) is 0 Å². The largest absolute Gasteiger partial charge is 0.493 e. The lowest BCUT2D eigenvalue weighted by molar-refractivity contribution is -0.192. The summed E-state index contributed by atoms with van der Waals surface area (Å²) in [7, 11) is 3.22. The number of nitrogens with one attached hydrogen (secondary N) is 2. The first-order chi connectivity index (χ1) is 15.1. The number of hydrogen-bond donors (Lipinski definition) is 3. The molecular formula is C21H22F3N3O5. The van der Waals surface area contributed by atoms with E-state index in [1.54, 1.807) is 19.1 Å². The first-order valence-electron chi connectivity index (χ1n) is 9.60. The van der Waals surface area contributed by atoms with Crippen molar-refractivity contribution in [2.75, 3.05) is 31.0 Å². The highest BCUT2D eigenvalue weighted by atomic mass is 19.4. The van der Waals surface area contributed by atoms with Gasteiger partial charge in [-0.25, -0.2) is 9.59 Å². The minimum absolute atomic E-state index is 0.128. The molecule has 2 aliphatic rings. The molecule has 32 heavy (non-hydrogen) atoms. The summed E-state index contributed by atoms with van der Waals surface area (Å²) in [5.74, 6) is -1.44. The van der Waals surface area contributed by atoms with Crippen molar-refractivity contribution < 1.29 is 37.3 Å². The predicted molar refractivity (Wildman–Crippen MR) is 110 cm³/mol. The Labute approximate surface area is 181 Å². The molecule has 0 radical (unpaired) electrons. The molecule has 2 aromatic carbocycles. The van der Waals surface area contributed by atoms with E-state index in [4.69, 9.17) is 19.4 Å². The average molecular weight is 453 g/mol. The molecule has 2 aromatic rings. The Kier molecular flexibility index (Phi) is 6.78. The molecule has 0 bridgehead atoms. The molecule has 0 aliphatic carbocycles. The lowest BCUT2D eigenvalue weighted by atomic mass is 10.1. The zero-order chi connectivity index (χ0) is 23.5. The molecule has 2 heterocycles. The monoisotopic (exact) mass is 453 g/mol. The second-order valence-electron chi connectivity index (χ2n) is 7.06. The minimum atomic E-state index is -5.08. The van der Waals surface area contributed by atoms with Gasteiger partial charge in [-0.2, -0.15) is 13.2 Å². The van der Waals surface area contributed by atoms with Crippen molar-refractivity contribution in [3.8, 4) is 11.5 Å². The molecule has 2 amide bonds. The van der Waals surface area contributed by atoms with Gasteiger partial charge in [-0.1, -0.05) is 6.07 Å². The number of ether oxygens (including phenoxy) is 2. The fraction of sp³-hybridized carbons (Fsp3) is 0.333. The van der Waals surface area contributed by atoms with Crippen molar-refractivity contribution >= 4 is 23.4 Å². The smallest absolute Gasteiger partial charge is 0.490 e. The molecule has 0 spiro atoms. The van der Waals surface area contributed by atoms with E-state index >= 15 is 0 Å². The van der Waals surface area contributed by atoms with Crippen LogP contribution in [0.15, 0.2) is 30.3 Å². The molecule has 4 rings (SSSR count). The van der Waals surface area contributed by atoms with Gasteiger partial charge in [0.1, 0.15) is 0 Å². The van der Waals surface area contributed by atoms with E-state index < -0.39 is 12.1 Å². The van der Waals surface area contributed by atoms with Gasteiger partial charge in [0.25, 0.3) is 0 Å². The van der Waals surface area contributed by atoms with E-state index in [1.807, 2.05) is 24.3 Å². The van der Waals surface area contributed by atoms with Crippen LogP contribution in [0, 0.1) is 0 Å². The second kappa shape index (κ2) is 9.35. The van der Waals surface area contributed by atoms with Crippen LogP contribution in [0.1, 0.15) is 16.7 Å². The first kappa shape index (κ1) is 23.2. The molecule has 8 nitrogen and oxygen atoms in total. The second-order valence-corrected chi connectivity index (χ2v) is 7.06. The third kappa shape index (κ3) is 5.05. The molecule has 0 unspecified atom stereocenters. The van der Waals surface area contributed by atoms with Crippen LogP contribution in [0.2, 0.25) is 0 Å². The maximum atomic E-state index is 12.8. The standard InChI is InChI=1S/C19H21N3O3.C2HF3O2/c1-24-17-8-12-5-6-22(16(12)9-18(17)25-2)19(23)21-15-4-3-13-10-20-11-14(13)7-15;3-2(4,5)1(6)7/h3-4,7-9,20H,5-6,10-11H2,1-2H3,(H,21,23);(H,6,7). The highest BCUT2D eigenvalue weighted by Crippen LogP contribution is 2.38. The third-order valence-electron chi connectivity index (χ3n) is 5.06. The number of halogens is 3. The number of fused-ring (bicyclic) bond motifs is 2. The first-order valence-corrected chi connectivity index (χ1v) is 9.60. The zero-order valence-electron chi connectivity index (χ0n) is 17.4. The van der Waals surface area contributed by atoms with Crippen LogP contribution in [-0.4, -0.2) is 44.0 Å². The molecule has 0 fully saturated rings. The summed E-state index contributed by atoms with van der Waals surface area (Å²) in [5, 5.41) is 13.4. The summed E-state index contributed by atoms with van der Waals surface area (Å²) in [4.78, 5) is 23.4. The van der Waals surface area contributed by atoms with Crippen LogP contribution in [0.25, 0.3) is 0 Å². The van der Waals surface area contributed by atoms with E-state index in [0.717, 1.165) is 36.4 Å². The molecular weight excluding hydrogens is 431 g/mol. The number of nitrogens with zero attached hydrogens (tertiary/aromatic N) is 1. The van der Waals surface area contributed by atoms with Crippen LogP contribution >= 0.6 is 0 Å². The van der Waals surface area contributed by atoms with Gasteiger partial charge in [-0.15, -0.1) is 0 Å². The van der Waals surface area contributed by atoms with Gasteiger partial charge in [0.05, 0.1) is 19.9 Å². The van der Waals surface area contributed by atoms with Crippen molar-refractivity contribution in [2.45, 2.75) is 25.7 Å². The quantitative estimate of drug-likeness (QED) is 0.658. The van der Waals surface area contributed by atoms with E-state index in [9.17, 15) is 18.0 Å². The number of carbonyl (C=O) groups is 2. The summed E-state index contributed by atoms with van der Waals surface area (Å²) in [6.07, 6.45) is -4.28. The summed E-state index contributed by atoms with van der Waals surface area (Å²) in [6, 6.07) is 9.75. The number of methoxy groups -OCH3 is 2. The number of carbonyl (C=O) groups excluding carboxylic acids is 1. The Morgan fingerprint density at radius 2 is 1.66 bits per heavy atom. The van der Waals surface area contributed by atoms with Crippen molar-refractivity contribution in [3.05, 3.63) is 47.0 Å².